The van der Waals surface area contributed by atoms with Gasteiger partial charge >= 0.3 is 0 Å². The van der Waals surface area contributed by atoms with Gasteiger partial charge in [0.15, 0.2) is 0 Å². The van der Waals surface area contributed by atoms with Crippen molar-refractivity contribution in [3.63, 3.8) is 0 Å². The summed E-state index contributed by atoms with van der Waals surface area (Å²) in [6.45, 7) is 4.05. The Labute approximate surface area is 162 Å². The summed E-state index contributed by atoms with van der Waals surface area (Å²) < 4.78 is 46.3. The largest absolute Gasteiger partial charge is 0.377 e. The minimum atomic E-state index is -3.75. The molecule has 10 heteroatoms. The number of halogens is 2. The van der Waals surface area contributed by atoms with E-state index in [0.29, 0.717) is 23.8 Å². The van der Waals surface area contributed by atoms with Crippen LogP contribution < -0.4 is 10.0 Å². The number of aryl methyl sites for hydroxylation is 1. The second kappa shape index (κ2) is 7.01. The average molecular weight is 463 g/mol. The molecule has 2 aromatic rings. The number of rotatable bonds is 5. The van der Waals surface area contributed by atoms with Crippen molar-refractivity contribution in [1.29, 1.82) is 0 Å². The summed E-state index contributed by atoms with van der Waals surface area (Å²) in [5, 5.41) is 2.64. The van der Waals surface area contributed by atoms with E-state index in [2.05, 4.69) is 26.0 Å². The molecule has 0 unspecified atom stereocenters. The molecule has 2 heterocycles. The van der Waals surface area contributed by atoms with E-state index in [1.165, 1.54) is 24.3 Å². The molecule has 26 heavy (non-hydrogen) atoms. The van der Waals surface area contributed by atoms with Crippen molar-refractivity contribution in [1.82, 2.24) is 4.72 Å². The van der Waals surface area contributed by atoms with Gasteiger partial charge in [-0.15, -0.1) is 11.3 Å². The molecule has 0 atom stereocenters. The number of carbonyl (C=O) groups is 1. The maximum Gasteiger partial charge on any atom is 0.256 e. The number of hydrogen-bond donors (Lipinski definition) is 2. The number of benzene rings is 1. The van der Waals surface area contributed by atoms with E-state index in [4.69, 9.17) is 4.74 Å². The number of carbonyl (C=O) groups excluding carboxylic acids is 1. The van der Waals surface area contributed by atoms with Gasteiger partial charge in [-0.25, -0.2) is 12.8 Å². The monoisotopic (exact) mass is 462 g/mol. The number of thiophene rings is 1. The van der Waals surface area contributed by atoms with Gasteiger partial charge in [-0.05, 0) is 54.0 Å². The Bertz CT molecular complexity index is 971. The van der Waals surface area contributed by atoms with Crippen LogP contribution in [0.15, 0.2) is 32.9 Å². The molecule has 3 rings (SSSR count). The lowest BCUT2D eigenvalue weighted by Crippen LogP contribution is -2.59. The first kappa shape index (κ1) is 19.4. The molecule has 1 amide bonds. The number of ether oxygens (including phenoxy) is 1. The van der Waals surface area contributed by atoms with Gasteiger partial charge in [-0.3, -0.25) is 4.79 Å². The zero-order valence-electron chi connectivity index (χ0n) is 13.9. The summed E-state index contributed by atoms with van der Waals surface area (Å²) in [6.07, 6.45) is 0. The van der Waals surface area contributed by atoms with Gasteiger partial charge in [0.05, 0.1) is 28.8 Å². The van der Waals surface area contributed by atoms with Crippen LogP contribution in [0.4, 0.5) is 10.1 Å². The first-order valence-corrected chi connectivity index (χ1v) is 10.7. The molecule has 1 aromatic carbocycles. The van der Waals surface area contributed by atoms with Crippen molar-refractivity contribution in [2.24, 2.45) is 0 Å². The smallest absolute Gasteiger partial charge is 0.256 e. The minimum Gasteiger partial charge on any atom is -0.377 e. The van der Waals surface area contributed by atoms with Gasteiger partial charge in [0.25, 0.3) is 15.9 Å². The second-order valence-electron chi connectivity index (χ2n) is 6.28. The van der Waals surface area contributed by atoms with E-state index in [-0.39, 0.29) is 14.2 Å². The van der Waals surface area contributed by atoms with Crippen molar-refractivity contribution >= 4 is 48.9 Å². The van der Waals surface area contributed by atoms with Crippen LogP contribution in [-0.4, -0.2) is 33.1 Å². The Morgan fingerprint density at radius 3 is 2.62 bits per heavy atom. The van der Waals surface area contributed by atoms with Crippen LogP contribution in [0.3, 0.4) is 0 Å². The van der Waals surface area contributed by atoms with Crippen LogP contribution in [0.25, 0.3) is 0 Å². The Morgan fingerprint density at radius 1 is 1.35 bits per heavy atom. The highest BCUT2D eigenvalue weighted by Gasteiger charge is 2.38. The molecule has 0 saturated carbocycles. The van der Waals surface area contributed by atoms with Gasteiger partial charge in [-0.1, -0.05) is 0 Å². The fourth-order valence-electron chi connectivity index (χ4n) is 2.43. The number of anilines is 1. The Morgan fingerprint density at radius 2 is 2.04 bits per heavy atom. The van der Waals surface area contributed by atoms with Crippen LogP contribution in [0.5, 0.6) is 0 Å². The van der Waals surface area contributed by atoms with Gasteiger partial charge in [0, 0.05) is 10.6 Å². The molecule has 0 aliphatic carbocycles. The molecule has 2 N–H and O–H groups in total. The highest BCUT2D eigenvalue weighted by atomic mass is 79.9. The van der Waals surface area contributed by atoms with Crippen LogP contribution in [0.1, 0.15) is 22.2 Å². The van der Waals surface area contributed by atoms with Crippen molar-refractivity contribution in [3.8, 4) is 0 Å². The molecule has 1 aliphatic heterocycles. The topological polar surface area (TPSA) is 84.5 Å². The number of hydrogen-bond acceptors (Lipinski definition) is 5. The number of amides is 1. The van der Waals surface area contributed by atoms with Crippen LogP contribution in [-0.2, 0) is 14.8 Å². The lowest BCUT2D eigenvalue weighted by Gasteiger charge is -2.37. The van der Waals surface area contributed by atoms with Crippen LogP contribution in [0.2, 0.25) is 0 Å². The molecule has 0 bridgehead atoms. The van der Waals surface area contributed by atoms with Crippen molar-refractivity contribution < 1.29 is 22.3 Å². The normalized spacial score (nSPS) is 16.2. The summed E-state index contributed by atoms with van der Waals surface area (Å²) in [7, 11) is -3.75. The van der Waals surface area contributed by atoms with Gasteiger partial charge in [-0.2, -0.15) is 4.72 Å². The third-order valence-electron chi connectivity index (χ3n) is 3.80. The molecule has 1 aliphatic rings. The van der Waals surface area contributed by atoms with Gasteiger partial charge in [0.1, 0.15) is 10.0 Å². The third-order valence-corrected chi connectivity index (χ3v) is 7.57. The van der Waals surface area contributed by atoms with E-state index in [1.54, 1.807) is 13.8 Å². The standard InChI is InChI=1S/C16H16BrFN2O4S2/c1-9-11(15(21)19-10-3-4-13(18)12(17)5-10)6-14(25-9)26(22,23)20-16(2)7-24-8-16/h3-6,20H,7-8H2,1-2H3,(H,19,21). The molecular formula is C16H16BrFN2O4S2. The summed E-state index contributed by atoms with van der Waals surface area (Å²) in [5.41, 5.74) is 0.0286. The second-order valence-corrected chi connectivity index (χ2v) is 10.3. The van der Waals surface area contributed by atoms with Crippen LogP contribution in [0, 0.1) is 12.7 Å². The Balaban J connectivity index is 1.80. The highest BCUT2D eigenvalue weighted by Crippen LogP contribution is 2.29. The van der Waals surface area contributed by atoms with Gasteiger partial charge in [0.2, 0.25) is 0 Å². The quantitative estimate of drug-likeness (QED) is 0.713. The average Bonchev–Trinajstić information content (AvgIpc) is 2.92. The first-order valence-electron chi connectivity index (χ1n) is 7.58. The maximum absolute atomic E-state index is 13.3. The SMILES string of the molecule is Cc1sc(S(=O)(=O)NC2(C)COC2)cc1C(=O)Nc1ccc(F)c(Br)c1. The van der Waals surface area contributed by atoms with Crippen molar-refractivity contribution in [2.45, 2.75) is 23.6 Å². The molecule has 0 radical (unpaired) electrons. The molecule has 1 saturated heterocycles. The van der Waals surface area contributed by atoms with Crippen molar-refractivity contribution in [2.75, 3.05) is 18.5 Å². The summed E-state index contributed by atoms with van der Waals surface area (Å²) in [4.78, 5) is 13.0. The molecule has 1 aromatic heterocycles. The molecule has 0 spiro atoms. The summed E-state index contributed by atoms with van der Waals surface area (Å²) in [5.74, 6) is -0.903. The molecule has 6 nitrogen and oxygen atoms in total. The summed E-state index contributed by atoms with van der Waals surface area (Å²) >= 11 is 4.07. The number of nitrogens with one attached hydrogen (secondary N) is 2. The maximum atomic E-state index is 13.3. The molecular weight excluding hydrogens is 447 g/mol. The van der Waals surface area contributed by atoms with E-state index in [1.807, 2.05) is 0 Å². The predicted molar refractivity (Wildman–Crippen MR) is 101 cm³/mol. The third kappa shape index (κ3) is 3.99. The lowest BCUT2D eigenvalue weighted by atomic mass is 10.0. The molecule has 140 valence electrons. The van der Waals surface area contributed by atoms with Crippen molar-refractivity contribution in [3.05, 3.63) is 45.0 Å². The van der Waals surface area contributed by atoms with Gasteiger partial charge < -0.3 is 10.1 Å². The lowest BCUT2D eigenvalue weighted by molar-refractivity contribution is -0.0523. The fraction of sp³-hybridized carbons (Fsp3) is 0.312. The highest BCUT2D eigenvalue weighted by molar-refractivity contribution is 9.10. The Hall–Kier alpha value is -1.33. The zero-order chi connectivity index (χ0) is 19.1. The number of sulfonamides is 1. The van der Waals surface area contributed by atoms with Crippen LogP contribution >= 0.6 is 27.3 Å². The summed E-state index contributed by atoms with van der Waals surface area (Å²) in [6, 6.07) is 5.43. The van der Waals surface area contributed by atoms with E-state index in [9.17, 15) is 17.6 Å². The fourth-order valence-corrected chi connectivity index (χ4v) is 5.62. The zero-order valence-corrected chi connectivity index (χ0v) is 17.1. The van der Waals surface area contributed by atoms with E-state index < -0.39 is 27.3 Å². The molecule has 1 fully saturated rings. The predicted octanol–water partition coefficient (Wildman–Crippen LogP) is 3.28. The van der Waals surface area contributed by atoms with E-state index in [0.717, 1.165) is 11.3 Å². The van der Waals surface area contributed by atoms with E-state index >= 15 is 0 Å². The Kier molecular flexibility index (Phi) is 5.24. The first-order chi connectivity index (χ1) is 12.1. The minimum absolute atomic E-state index is 0.0635.